The van der Waals surface area contributed by atoms with E-state index in [1.54, 1.807) is 0 Å². The minimum atomic E-state index is 0.307. The van der Waals surface area contributed by atoms with Crippen molar-refractivity contribution in [1.29, 1.82) is 0 Å². The molecule has 0 aromatic heterocycles. The summed E-state index contributed by atoms with van der Waals surface area (Å²) >= 11 is 0. The minimum Gasteiger partial charge on any atom is -0.507 e. The number of aryl methyl sites for hydroxylation is 1. The van der Waals surface area contributed by atoms with E-state index in [1.807, 2.05) is 12.1 Å². The molecular formula is C25H29NO. The molecule has 27 heavy (non-hydrogen) atoms. The molecule has 3 aromatic carbocycles. The molecule has 0 fully saturated rings. The van der Waals surface area contributed by atoms with Gasteiger partial charge in [-0.1, -0.05) is 86.6 Å². The SMILES string of the molecule is Cc1ccc(C(C)C)c(O)c1CN(Cc1ccccc1)Cc1ccccc1. The van der Waals surface area contributed by atoms with Crippen molar-refractivity contribution in [3.63, 3.8) is 0 Å². The Morgan fingerprint density at radius 2 is 1.26 bits per heavy atom. The van der Waals surface area contributed by atoms with Crippen LogP contribution < -0.4 is 0 Å². The van der Waals surface area contributed by atoms with Crippen LogP contribution in [0.5, 0.6) is 5.75 Å². The second-order valence-corrected chi connectivity index (χ2v) is 7.57. The van der Waals surface area contributed by atoms with E-state index in [0.29, 0.717) is 11.7 Å². The topological polar surface area (TPSA) is 23.5 Å². The molecule has 0 heterocycles. The van der Waals surface area contributed by atoms with E-state index >= 15 is 0 Å². The lowest BCUT2D eigenvalue weighted by atomic mass is 9.95. The number of hydrogen-bond donors (Lipinski definition) is 1. The van der Waals surface area contributed by atoms with Crippen LogP contribution in [0.3, 0.4) is 0 Å². The van der Waals surface area contributed by atoms with E-state index in [-0.39, 0.29) is 0 Å². The van der Waals surface area contributed by atoms with E-state index in [0.717, 1.165) is 36.3 Å². The highest BCUT2D eigenvalue weighted by Crippen LogP contribution is 2.32. The van der Waals surface area contributed by atoms with Crippen molar-refractivity contribution < 1.29 is 5.11 Å². The van der Waals surface area contributed by atoms with Gasteiger partial charge in [0.25, 0.3) is 0 Å². The van der Waals surface area contributed by atoms with Gasteiger partial charge in [-0.05, 0) is 35.1 Å². The van der Waals surface area contributed by atoms with Gasteiger partial charge in [0.15, 0.2) is 0 Å². The van der Waals surface area contributed by atoms with Crippen molar-refractivity contribution >= 4 is 0 Å². The number of hydrogen-bond acceptors (Lipinski definition) is 2. The molecule has 0 amide bonds. The summed E-state index contributed by atoms with van der Waals surface area (Å²) in [5, 5.41) is 10.9. The summed E-state index contributed by atoms with van der Waals surface area (Å²) in [4.78, 5) is 2.40. The van der Waals surface area contributed by atoms with Gasteiger partial charge in [-0.25, -0.2) is 0 Å². The maximum absolute atomic E-state index is 10.9. The van der Waals surface area contributed by atoms with Gasteiger partial charge in [0, 0.05) is 25.2 Å². The van der Waals surface area contributed by atoms with E-state index in [9.17, 15) is 5.11 Å². The Bertz CT molecular complexity index is 815. The first-order chi connectivity index (χ1) is 13.0. The summed E-state index contributed by atoms with van der Waals surface area (Å²) in [7, 11) is 0. The summed E-state index contributed by atoms with van der Waals surface area (Å²) in [5.74, 6) is 0.761. The third kappa shape index (κ3) is 4.99. The maximum atomic E-state index is 10.9. The predicted molar refractivity (Wildman–Crippen MR) is 113 cm³/mol. The number of nitrogens with zero attached hydrogens (tertiary/aromatic N) is 1. The summed E-state index contributed by atoms with van der Waals surface area (Å²) < 4.78 is 0. The van der Waals surface area contributed by atoms with Gasteiger partial charge >= 0.3 is 0 Å². The lowest BCUT2D eigenvalue weighted by molar-refractivity contribution is 0.243. The highest BCUT2D eigenvalue weighted by atomic mass is 16.3. The highest BCUT2D eigenvalue weighted by molar-refractivity contribution is 5.46. The van der Waals surface area contributed by atoms with E-state index in [1.165, 1.54) is 11.1 Å². The number of phenols is 1. The van der Waals surface area contributed by atoms with Crippen molar-refractivity contribution in [3.8, 4) is 5.75 Å². The Labute approximate surface area is 163 Å². The summed E-state index contributed by atoms with van der Waals surface area (Å²) in [6.45, 7) is 8.76. The lowest BCUT2D eigenvalue weighted by Crippen LogP contribution is -2.23. The molecule has 0 aliphatic carbocycles. The Morgan fingerprint density at radius 3 is 1.74 bits per heavy atom. The van der Waals surface area contributed by atoms with E-state index in [2.05, 4.69) is 86.3 Å². The molecule has 0 radical (unpaired) electrons. The molecule has 0 spiro atoms. The number of aromatic hydroxyl groups is 1. The smallest absolute Gasteiger partial charge is 0.123 e. The third-order valence-corrected chi connectivity index (χ3v) is 5.05. The molecule has 2 heteroatoms. The summed E-state index contributed by atoms with van der Waals surface area (Å²) in [5.41, 5.74) is 5.77. The first-order valence-electron chi connectivity index (χ1n) is 9.66. The Hall–Kier alpha value is -2.58. The van der Waals surface area contributed by atoms with Crippen LogP contribution in [-0.2, 0) is 19.6 Å². The summed E-state index contributed by atoms with van der Waals surface area (Å²) in [6, 6.07) is 25.3. The second kappa shape index (κ2) is 8.88. The molecule has 0 bridgehead atoms. The molecule has 0 atom stereocenters. The molecule has 0 saturated heterocycles. The molecule has 3 aromatic rings. The average molecular weight is 360 g/mol. The zero-order valence-corrected chi connectivity index (χ0v) is 16.5. The third-order valence-electron chi connectivity index (χ3n) is 5.05. The van der Waals surface area contributed by atoms with Crippen molar-refractivity contribution in [3.05, 3.63) is 101 Å². The Kier molecular flexibility index (Phi) is 6.31. The van der Waals surface area contributed by atoms with Gasteiger partial charge in [0.1, 0.15) is 5.75 Å². The van der Waals surface area contributed by atoms with Gasteiger partial charge in [0.05, 0.1) is 0 Å². The molecule has 0 saturated carbocycles. The molecule has 1 N–H and O–H groups in total. The number of rotatable bonds is 7. The second-order valence-electron chi connectivity index (χ2n) is 7.57. The van der Waals surface area contributed by atoms with Crippen LogP contribution in [-0.4, -0.2) is 10.0 Å². The van der Waals surface area contributed by atoms with Crippen molar-refractivity contribution in [2.75, 3.05) is 0 Å². The normalized spacial score (nSPS) is 11.3. The Morgan fingerprint density at radius 1 is 0.741 bits per heavy atom. The Balaban J connectivity index is 1.90. The van der Waals surface area contributed by atoms with Gasteiger partial charge in [-0.2, -0.15) is 0 Å². The van der Waals surface area contributed by atoms with Gasteiger partial charge in [0.2, 0.25) is 0 Å². The molecule has 140 valence electrons. The lowest BCUT2D eigenvalue weighted by Gasteiger charge is -2.25. The van der Waals surface area contributed by atoms with Crippen LogP contribution in [0.15, 0.2) is 72.8 Å². The van der Waals surface area contributed by atoms with Crippen LogP contribution >= 0.6 is 0 Å². The van der Waals surface area contributed by atoms with Crippen LogP contribution in [0.25, 0.3) is 0 Å². The molecule has 2 nitrogen and oxygen atoms in total. The van der Waals surface area contributed by atoms with Gasteiger partial charge in [-0.15, -0.1) is 0 Å². The highest BCUT2D eigenvalue weighted by Gasteiger charge is 2.16. The molecule has 3 rings (SSSR count). The summed E-state index contributed by atoms with van der Waals surface area (Å²) in [6.07, 6.45) is 0. The molecular weight excluding hydrogens is 330 g/mol. The zero-order chi connectivity index (χ0) is 19.2. The van der Waals surface area contributed by atoms with Gasteiger partial charge < -0.3 is 5.11 Å². The maximum Gasteiger partial charge on any atom is 0.123 e. The van der Waals surface area contributed by atoms with Crippen LogP contribution in [0.2, 0.25) is 0 Å². The van der Waals surface area contributed by atoms with Crippen molar-refractivity contribution in [2.24, 2.45) is 0 Å². The first-order valence-corrected chi connectivity index (χ1v) is 9.66. The molecule has 0 unspecified atom stereocenters. The monoisotopic (exact) mass is 359 g/mol. The van der Waals surface area contributed by atoms with Gasteiger partial charge in [-0.3, -0.25) is 4.90 Å². The van der Waals surface area contributed by atoms with Crippen molar-refractivity contribution in [1.82, 2.24) is 4.90 Å². The fourth-order valence-electron chi connectivity index (χ4n) is 3.50. The minimum absolute atomic E-state index is 0.307. The molecule has 0 aliphatic heterocycles. The van der Waals surface area contributed by atoms with E-state index in [4.69, 9.17) is 0 Å². The van der Waals surface area contributed by atoms with Crippen LogP contribution in [0, 0.1) is 6.92 Å². The van der Waals surface area contributed by atoms with Crippen LogP contribution in [0.4, 0.5) is 0 Å². The first kappa shape index (κ1) is 19.2. The molecule has 0 aliphatic rings. The predicted octanol–water partition coefficient (Wildman–Crippen LogP) is 6.03. The fraction of sp³-hybridized carbons (Fsp3) is 0.280. The number of phenolic OH excluding ortho intramolecular Hbond substituents is 1. The zero-order valence-electron chi connectivity index (χ0n) is 16.5. The standard InChI is InChI=1S/C25H29NO/c1-19(2)23-15-14-20(3)24(25(23)27)18-26(16-21-10-6-4-7-11-21)17-22-12-8-5-9-13-22/h4-15,19,27H,16-18H2,1-3H3. The average Bonchev–Trinajstić information content (AvgIpc) is 2.66. The van der Waals surface area contributed by atoms with E-state index < -0.39 is 0 Å². The van der Waals surface area contributed by atoms with Crippen molar-refractivity contribution in [2.45, 2.75) is 46.3 Å². The largest absolute Gasteiger partial charge is 0.507 e. The van der Waals surface area contributed by atoms with Crippen LogP contribution in [0.1, 0.15) is 47.6 Å². The number of benzene rings is 3. The fourth-order valence-corrected chi connectivity index (χ4v) is 3.50. The quantitative estimate of drug-likeness (QED) is 0.557.